The zero-order valence-electron chi connectivity index (χ0n) is 9.28. The molecule has 0 aliphatic rings. The first-order valence-corrected chi connectivity index (χ1v) is 6.92. The molecule has 1 heterocycles. The number of benzene rings is 1. The molecule has 2 rings (SSSR count). The fraction of sp³-hybridized carbons (Fsp3) is 0.250. The molecular formula is C12H12Cl2N2S. The summed E-state index contributed by atoms with van der Waals surface area (Å²) in [6.07, 6.45) is 0.871. The van der Waals surface area contributed by atoms with E-state index >= 15 is 0 Å². The SMILES string of the molecule is CCC(N)c1nc(-c2cccc(Cl)c2Cl)cs1. The molecule has 0 aliphatic heterocycles. The zero-order valence-corrected chi connectivity index (χ0v) is 11.6. The number of thiazole rings is 1. The Balaban J connectivity index is 2.40. The van der Waals surface area contributed by atoms with Gasteiger partial charge in [0.1, 0.15) is 5.01 Å². The molecule has 17 heavy (non-hydrogen) atoms. The minimum atomic E-state index is -0.00768. The number of nitrogens with zero attached hydrogens (tertiary/aromatic N) is 1. The second-order valence-corrected chi connectivity index (χ2v) is 5.36. The largest absolute Gasteiger partial charge is 0.322 e. The van der Waals surface area contributed by atoms with Crippen LogP contribution in [-0.4, -0.2) is 4.98 Å². The molecule has 0 bridgehead atoms. The second kappa shape index (κ2) is 5.36. The van der Waals surface area contributed by atoms with E-state index in [2.05, 4.69) is 4.98 Å². The number of halogens is 2. The fourth-order valence-electron chi connectivity index (χ4n) is 1.46. The van der Waals surface area contributed by atoms with Crippen molar-refractivity contribution in [3.63, 3.8) is 0 Å². The van der Waals surface area contributed by atoms with Crippen LogP contribution in [0.3, 0.4) is 0 Å². The van der Waals surface area contributed by atoms with Gasteiger partial charge < -0.3 is 5.73 Å². The number of rotatable bonds is 3. The van der Waals surface area contributed by atoms with Crippen molar-refractivity contribution in [2.75, 3.05) is 0 Å². The van der Waals surface area contributed by atoms with E-state index in [1.54, 1.807) is 17.4 Å². The molecular weight excluding hydrogens is 275 g/mol. The predicted octanol–water partition coefficient (Wildman–Crippen LogP) is 4.53. The lowest BCUT2D eigenvalue weighted by atomic mass is 10.2. The van der Waals surface area contributed by atoms with E-state index in [0.717, 1.165) is 22.7 Å². The summed E-state index contributed by atoms with van der Waals surface area (Å²) < 4.78 is 0. The third-order valence-corrected chi connectivity index (χ3v) is 4.30. The maximum absolute atomic E-state index is 6.15. The Labute approximate surface area is 114 Å². The van der Waals surface area contributed by atoms with Gasteiger partial charge in [-0.25, -0.2) is 4.98 Å². The van der Waals surface area contributed by atoms with E-state index in [4.69, 9.17) is 28.9 Å². The number of nitrogens with two attached hydrogens (primary N) is 1. The highest BCUT2D eigenvalue weighted by Crippen LogP contribution is 2.34. The van der Waals surface area contributed by atoms with Gasteiger partial charge in [-0.2, -0.15) is 0 Å². The van der Waals surface area contributed by atoms with Gasteiger partial charge in [-0.1, -0.05) is 42.3 Å². The van der Waals surface area contributed by atoms with Gasteiger partial charge in [-0.15, -0.1) is 11.3 Å². The molecule has 1 atom stereocenters. The van der Waals surface area contributed by atoms with Crippen molar-refractivity contribution in [2.24, 2.45) is 5.73 Å². The molecule has 2 nitrogen and oxygen atoms in total. The number of hydrogen-bond acceptors (Lipinski definition) is 3. The van der Waals surface area contributed by atoms with E-state index in [1.165, 1.54) is 0 Å². The third kappa shape index (κ3) is 2.63. The highest BCUT2D eigenvalue weighted by molar-refractivity contribution is 7.10. The number of aromatic nitrogens is 1. The Morgan fingerprint density at radius 2 is 2.18 bits per heavy atom. The summed E-state index contributed by atoms with van der Waals surface area (Å²) in [5.41, 5.74) is 7.63. The van der Waals surface area contributed by atoms with E-state index < -0.39 is 0 Å². The molecule has 1 unspecified atom stereocenters. The van der Waals surface area contributed by atoms with Crippen LogP contribution in [0.15, 0.2) is 23.6 Å². The van der Waals surface area contributed by atoms with Crippen molar-refractivity contribution < 1.29 is 0 Å². The Hall–Kier alpha value is -0.610. The van der Waals surface area contributed by atoms with E-state index in [0.29, 0.717) is 10.0 Å². The molecule has 0 saturated heterocycles. The molecule has 0 fully saturated rings. The lowest BCUT2D eigenvalue weighted by Gasteiger charge is -2.04. The van der Waals surface area contributed by atoms with Gasteiger partial charge in [-0.3, -0.25) is 0 Å². The first-order chi connectivity index (χ1) is 8.13. The molecule has 0 spiro atoms. The summed E-state index contributed by atoms with van der Waals surface area (Å²) in [5.74, 6) is 0. The smallest absolute Gasteiger partial charge is 0.110 e. The molecule has 1 aromatic carbocycles. The van der Waals surface area contributed by atoms with Crippen LogP contribution < -0.4 is 5.73 Å². The topological polar surface area (TPSA) is 38.9 Å². The summed E-state index contributed by atoms with van der Waals surface area (Å²) in [6.45, 7) is 2.04. The molecule has 1 aromatic heterocycles. The van der Waals surface area contributed by atoms with Crippen molar-refractivity contribution >= 4 is 34.5 Å². The van der Waals surface area contributed by atoms with Gasteiger partial charge in [0, 0.05) is 10.9 Å². The maximum atomic E-state index is 6.15. The second-order valence-electron chi connectivity index (χ2n) is 3.69. The van der Waals surface area contributed by atoms with Gasteiger partial charge in [0.2, 0.25) is 0 Å². The molecule has 2 aromatic rings. The van der Waals surface area contributed by atoms with Crippen molar-refractivity contribution in [1.29, 1.82) is 0 Å². The van der Waals surface area contributed by atoms with Crippen molar-refractivity contribution in [2.45, 2.75) is 19.4 Å². The number of hydrogen-bond donors (Lipinski definition) is 1. The molecule has 2 N–H and O–H groups in total. The van der Waals surface area contributed by atoms with Gasteiger partial charge >= 0.3 is 0 Å². The molecule has 5 heteroatoms. The summed E-state index contributed by atoms with van der Waals surface area (Å²) in [7, 11) is 0. The van der Waals surface area contributed by atoms with Gasteiger partial charge in [0.25, 0.3) is 0 Å². The van der Waals surface area contributed by atoms with Crippen molar-refractivity contribution in [1.82, 2.24) is 4.98 Å². The maximum Gasteiger partial charge on any atom is 0.110 e. The Bertz CT molecular complexity index is 525. The van der Waals surface area contributed by atoms with Crippen LogP contribution in [0.25, 0.3) is 11.3 Å². The van der Waals surface area contributed by atoms with Crippen LogP contribution in [0.2, 0.25) is 10.0 Å². The first kappa shape index (κ1) is 12.8. The van der Waals surface area contributed by atoms with E-state index in [9.17, 15) is 0 Å². The molecule has 0 aliphatic carbocycles. The minimum Gasteiger partial charge on any atom is -0.322 e. The molecule has 0 radical (unpaired) electrons. The average Bonchev–Trinajstić information content (AvgIpc) is 2.81. The van der Waals surface area contributed by atoms with Crippen LogP contribution in [0.1, 0.15) is 24.4 Å². The minimum absolute atomic E-state index is 0.00768. The van der Waals surface area contributed by atoms with Crippen molar-refractivity contribution in [3.8, 4) is 11.3 Å². The Kier molecular flexibility index (Phi) is 4.05. The summed E-state index contributed by atoms with van der Waals surface area (Å²) in [4.78, 5) is 4.50. The zero-order chi connectivity index (χ0) is 12.4. The van der Waals surface area contributed by atoms with E-state index in [1.807, 2.05) is 24.4 Å². The molecule has 0 amide bonds. The highest BCUT2D eigenvalue weighted by atomic mass is 35.5. The van der Waals surface area contributed by atoms with Gasteiger partial charge in [-0.05, 0) is 12.5 Å². The highest BCUT2D eigenvalue weighted by Gasteiger charge is 2.13. The van der Waals surface area contributed by atoms with Crippen molar-refractivity contribution in [3.05, 3.63) is 38.6 Å². The summed E-state index contributed by atoms with van der Waals surface area (Å²) in [6, 6.07) is 5.53. The third-order valence-electron chi connectivity index (χ3n) is 2.51. The average molecular weight is 287 g/mol. The van der Waals surface area contributed by atoms with Gasteiger partial charge in [0.15, 0.2) is 0 Å². The van der Waals surface area contributed by atoms with Gasteiger partial charge in [0.05, 0.1) is 21.8 Å². The normalized spacial score (nSPS) is 12.7. The van der Waals surface area contributed by atoms with Crippen LogP contribution in [0.5, 0.6) is 0 Å². The van der Waals surface area contributed by atoms with Crippen LogP contribution in [-0.2, 0) is 0 Å². The Morgan fingerprint density at radius 1 is 1.41 bits per heavy atom. The molecule has 90 valence electrons. The first-order valence-electron chi connectivity index (χ1n) is 5.29. The molecule has 0 saturated carbocycles. The van der Waals surface area contributed by atoms with Crippen LogP contribution in [0, 0.1) is 0 Å². The summed E-state index contributed by atoms with van der Waals surface area (Å²) in [5, 5.41) is 3.97. The van der Waals surface area contributed by atoms with Crippen LogP contribution >= 0.6 is 34.5 Å². The lowest BCUT2D eigenvalue weighted by Crippen LogP contribution is -2.07. The predicted molar refractivity (Wildman–Crippen MR) is 74.8 cm³/mol. The lowest BCUT2D eigenvalue weighted by molar-refractivity contribution is 0.693. The standard InChI is InChI=1S/C12H12Cl2N2S/c1-2-9(15)12-16-10(6-17-12)7-4-3-5-8(13)11(7)14/h3-6,9H,2,15H2,1H3. The fourth-order valence-corrected chi connectivity index (χ4v) is 2.76. The summed E-state index contributed by atoms with van der Waals surface area (Å²) >= 11 is 13.7. The quantitative estimate of drug-likeness (QED) is 0.901. The monoisotopic (exact) mass is 286 g/mol. The van der Waals surface area contributed by atoms with E-state index in [-0.39, 0.29) is 6.04 Å². The van der Waals surface area contributed by atoms with Crippen LogP contribution in [0.4, 0.5) is 0 Å². The Morgan fingerprint density at radius 3 is 2.88 bits per heavy atom.